The second kappa shape index (κ2) is 9.00. The average molecular weight is 382 g/mol. The van der Waals surface area contributed by atoms with E-state index in [9.17, 15) is 14.0 Å². The summed E-state index contributed by atoms with van der Waals surface area (Å²) in [6, 6.07) is 14.0. The van der Waals surface area contributed by atoms with Gasteiger partial charge in [-0.3, -0.25) is 9.59 Å². The molecule has 0 spiro atoms. The van der Waals surface area contributed by atoms with E-state index in [-0.39, 0.29) is 30.0 Å². The first-order chi connectivity index (χ1) is 13.4. The summed E-state index contributed by atoms with van der Waals surface area (Å²) in [5.41, 5.74) is 2.85. The first-order valence-corrected chi connectivity index (χ1v) is 9.85. The summed E-state index contributed by atoms with van der Waals surface area (Å²) in [4.78, 5) is 26.8. The van der Waals surface area contributed by atoms with Gasteiger partial charge in [-0.15, -0.1) is 0 Å². The smallest absolute Gasteiger partial charge is 0.227 e. The predicted octanol–water partition coefficient (Wildman–Crippen LogP) is 4.37. The van der Waals surface area contributed by atoms with Crippen LogP contribution in [0.3, 0.4) is 0 Å². The van der Waals surface area contributed by atoms with E-state index in [0.29, 0.717) is 31.8 Å². The zero-order valence-electron chi connectivity index (χ0n) is 16.5. The quantitative estimate of drug-likeness (QED) is 0.835. The average Bonchev–Trinajstić information content (AvgIpc) is 2.70. The van der Waals surface area contributed by atoms with E-state index >= 15 is 0 Å². The van der Waals surface area contributed by atoms with Crippen molar-refractivity contribution in [1.29, 1.82) is 0 Å². The standard InChI is InChI=1S/C23H27FN2O2/c1-16(2)18-5-9-21(10-6-18)25-23(28)19-11-13-26(14-12-19)22(27)15-17-3-7-20(24)8-4-17/h3-10,16,19H,11-15H2,1-2H3,(H,25,28). The number of carbonyl (C=O) groups excluding carboxylic acids is 2. The third kappa shape index (κ3) is 5.18. The van der Waals surface area contributed by atoms with Crippen LogP contribution in [0.15, 0.2) is 48.5 Å². The Hall–Kier alpha value is -2.69. The topological polar surface area (TPSA) is 49.4 Å². The molecule has 0 atom stereocenters. The molecule has 5 heteroatoms. The van der Waals surface area contributed by atoms with Gasteiger partial charge in [0.15, 0.2) is 0 Å². The Kier molecular flexibility index (Phi) is 6.45. The van der Waals surface area contributed by atoms with Crippen molar-refractivity contribution < 1.29 is 14.0 Å². The number of carbonyl (C=O) groups is 2. The van der Waals surface area contributed by atoms with Gasteiger partial charge in [-0.25, -0.2) is 4.39 Å². The van der Waals surface area contributed by atoms with Crippen molar-refractivity contribution in [3.63, 3.8) is 0 Å². The van der Waals surface area contributed by atoms with Crippen molar-refractivity contribution >= 4 is 17.5 Å². The Balaban J connectivity index is 1.48. The Morgan fingerprint density at radius 1 is 1.04 bits per heavy atom. The molecule has 0 bridgehead atoms. The van der Waals surface area contributed by atoms with Gasteiger partial charge < -0.3 is 10.2 Å². The number of anilines is 1. The molecule has 1 aliphatic rings. The van der Waals surface area contributed by atoms with Gasteiger partial charge >= 0.3 is 0 Å². The molecule has 2 amide bonds. The second-order valence-corrected chi connectivity index (χ2v) is 7.72. The summed E-state index contributed by atoms with van der Waals surface area (Å²) in [5, 5.41) is 2.99. The highest BCUT2D eigenvalue weighted by molar-refractivity contribution is 5.92. The second-order valence-electron chi connectivity index (χ2n) is 7.72. The van der Waals surface area contributed by atoms with Crippen LogP contribution in [0.4, 0.5) is 10.1 Å². The van der Waals surface area contributed by atoms with Crippen LogP contribution in [0, 0.1) is 11.7 Å². The Morgan fingerprint density at radius 3 is 2.21 bits per heavy atom. The number of piperidine rings is 1. The minimum absolute atomic E-state index is 0.0166. The molecule has 3 rings (SSSR count). The van der Waals surface area contributed by atoms with Crippen LogP contribution in [0.25, 0.3) is 0 Å². The van der Waals surface area contributed by atoms with E-state index in [1.54, 1.807) is 17.0 Å². The third-order valence-corrected chi connectivity index (χ3v) is 5.33. The lowest BCUT2D eigenvalue weighted by Crippen LogP contribution is -2.42. The third-order valence-electron chi connectivity index (χ3n) is 5.33. The van der Waals surface area contributed by atoms with Crippen molar-refractivity contribution in [1.82, 2.24) is 4.90 Å². The summed E-state index contributed by atoms with van der Waals surface area (Å²) >= 11 is 0. The monoisotopic (exact) mass is 382 g/mol. The van der Waals surface area contributed by atoms with E-state index in [1.807, 2.05) is 24.3 Å². The number of likely N-dealkylation sites (tertiary alicyclic amines) is 1. The number of halogens is 1. The molecule has 1 N–H and O–H groups in total. The Bertz CT molecular complexity index is 808. The van der Waals surface area contributed by atoms with E-state index in [4.69, 9.17) is 0 Å². The number of hydrogen-bond donors (Lipinski definition) is 1. The van der Waals surface area contributed by atoms with Gasteiger partial charge in [0.1, 0.15) is 5.82 Å². The van der Waals surface area contributed by atoms with Crippen LogP contribution in [0.5, 0.6) is 0 Å². The number of amides is 2. The van der Waals surface area contributed by atoms with Crippen LogP contribution >= 0.6 is 0 Å². The van der Waals surface area contributed by atoms with Gasteiger partial charge in [0.2, 0.25) is 11.8 Å². The predicted molar refractivity (Wildman–Crippen MR) is 109 cm³/mol. The largest absolute Gasteiger partial charge is 0.342 e. The normalized spacial score (nSPS) is 14.9. The molecule has 1 aliphatic heterocycles. The van der Waals surface area contributed by atoms with Gasteiger partial charge in [0.25, 0.3) is 0 Å². The molecule has 0 unspecified atom stereocenters. The summed E-state index contributed by atoms with van der Waals surface area (Å²) in [6.07, 6.45) is 1.58. The summed E-state index contributed by atoms with van der Waals surface area (Å²) < 4.78 is 13.0. The number of benzene rings is 2. The Labute approximate surface area is 165 Å². The maximum absolute atomic E-state index is 13.0. The number of rotatable bonds is 5. The Morgan fingerprint density at radius 2 is 1.64 bits per heavy atom. The molecule has 148 valence electrons. The lowest BCUT2D eigenvalue weighted by Gasteiger charge is -2.31. The number of hydrogen-bond acceptors (Lipinski definition) is 2. The fourth-order valence-corrected chi connectivity index (χ4v) is 3.48. The molecule has 2 aromatic carbocycles. The highest BCUT2D eigenvalue weighted by Crippen LogP contribution is 2.22. The summed E-state index contributed by atoms with van der Waals surface area (Å²) in [6.45, 7) is 5.42. The zero-order chi connectivity index (χ0) is 20.1. The molecule has 0 aliphatic carbocycles. The van der Waals surface area contributed by atoms with Gasteiger partial charge in [0.05, 0.1) is 6.42 Å². The van der Waals surface area contributed by atoms with Gasteiger partial charge in [0, 0.05) is 24.7 Å². The van der Waals surface area contributed by atoms with Crippen LogP contribution < -0.4 is 5.32 Å². The van der Waals surface area contributed by atoms with Gasteiger partial charge in [-0.05, 0) is 54.2 Å². The van der Waals surface area contributed by atoms with Crippen molar-refractivity contribution in [3.05, 3.63) is 65.5 Å². The lowest BCUT2D eigenvalue weighted by atomic mass is 9.95. The molecule has 0 saturated carbocycles. The van der Waals surface area contributed by atoms with E-state index in [0.717, 1.165) is 11.3 Å². The molecular formula is C23H27FN2O2. The fraction of sp³-hybridized carbons (Fsp3) is 0.391. The fourth-order valence-electron chi connectivity index (χ4n) is 3.48. The molecule has 2 aromatic rings. The van der Waals surface area contributed by atoms with Crippen LogP contribution in [0.2, 0.25) is 0 Å². The summed E-state index contributed by atoms with van der Waals surface area (Å²) in [7, 11) is 0. The SMILES string of the molecule is CC(C)c1ccc(NC(=O)C2CCN(C(=O)Cc3ccc(F)cc3)CC2)cc1. The minimum atomic E-state index is -0.304. The number of nitrogens with zero attached hydrogens (tertiary/aromatic N) is 1. The molecule has 28 heavy (non-hydrogen) atoms. The molecule has 1 saturated heterocycles. The highest BCUT2D eigenvalue weighted by atomic mass is 19.1. The van der Waals surface area contributed by atoms with Gasteiger partial charge in [-0.2, -0.15) is 0 Å². The van der Waals surface area contributed by atoms with Crippen molar-refractivity contribution in [2.24, 2.45) is 5.92 Å². The molecular weight excluding hydrogens is 355 g/mol. The van der Waals surface area contributed by atoms with E-state index in [2.05, 4.69) is 19.2 Å². The maximum Gasteiger partial charge on any atom is 0.227 e. The van der Waals surface area contributed by atoms with Crippen molar-refractivity contribution in [3.8, 4) is 0 Å². The summed E-state index contributed by atoms with van der Waals surface area (Å²) in [5.74, 6) is 0.112. The molecule has 1 fully saturated rings. The van der Waals surface area contributed by atoms with Crippen molar-refractivity contribution in [2.75, 3.05) is 18.4 Å². The van der Waals surface area contributed by atoms with Crippen LogP contribution in [-0.2, 0) is 16.0 Å². The molecule has 4 nitrogen and oxygen atoms in total. The molecule has 0 aromatic heterocycles. The first kappa shape index (κ1) is 20.1. The van der Waals surface area contributed by atoms with Crippen LogP contribution in [-0.4, -0.2) is 29.8 Å². The number of nitrogens with one attached hydrogen (secondary N) is 1. The van der Waals surface area contributed by atoms with E-state index < -0.39 is 0 Å². The maximum atomic E-state index is 13.0. The molecule has 1 heterocycles. The minimum Gasteiger partial charge on any atom is -0.342 e. The zero-order valence-corrected chi connectivity index (χ0v) is 16.5. The van der Waals surface area contributed by atoms with Crippen LogP contribution in [0.1, 0.15) is 43.7 Å². The van der Waals surface area contributed by atoms with E-state index in [1.165, 1.54) is 17.7 Å². The van der Waals surface area contributed by atoms with Crippen molar-refractivity contribution in [2.45, 2.75) is 39.0 Å². The lowest BCUT2D eigenvalue weighted by molar-refractivity contribution is -0.133. The molecule has 0 radical (unpaired) electrons. The first-order valence-electron chi connectivity index (χ1n) is 9.85. The highest BCUT2D eigenvalue weighted by Gasteiger charge is 2.27. The van der Waals surface area contributed by atoms with Gasteiger partial charge in [-0.1, -0.05) is 38.1 Å².